The Bertz CT molecular complexity index is 888. The van der Waals surface area contributed by atoms with E-state index in [0.29, 0.717) is 6.54 Å². The number of hydrogen-bond acceptors (Lipinski definition) is 6. The second-order valence-electron chi connectivity index (χ2n) is 10.3. The lowest BCUT2D eigenvalue weighted by molar-refractivity contribution is -0.153. The molecule has 4 aliphatic rings. The molecule has 0 aromatic rings. The Morgan fingerprint density at radius 1 is 1.15 bits per heavy atom. The van der Waals surface area contributed by atoms with E-state index in [-0.39, 0.29) is 37.0 Å². The fourth-order valence-corrected chi connectivity index (χ4v) is 8.40. The standard InChI is InChI=1S/C25H36N2O5S/c1-6-9-16(4)26-12-7-11-25-18(19-23(31)32-13-8-10-24(19,5)33-25)21(29)27(20(25)22(26)30)17(14-28)15(2)3/h7-8,10-11,15-20,28H,6,9,12-14H2,1-5H3/t16?,17-,18-,19-,20?,24+,25-/m0/s1. The Hall–Kier alpha value is -1.80. The van der Waals surface area contributed by atoms with Crippen molar-refractivity contribution in [2.75, 3.05) is 19.8 Å². The molecule has 2 saturated heterocycles. The van der Waals surface area contributed by atoms with Crippen LogP contribution in [0.3, 0.4) is 0 Å². The summed E-state index contributed by atoms with van der Waals surface area (Å²) in [6.45, 7) is 10.4. The van der Waals surface area contributed by atoms with Crippen LogP contribution in [0.2, 0.25) is 0 Å². The predicted octanol–water partition coefficient (Wildman–Crippen LogP) is 2.39. The van der Waals surface area contributed by atoms with Crippen molar-refractivity contribution < 1.29 is 24.2 Å². The number of aliphatic hydroxyl groups excluding tert-OH is 1. The van der Waals surface area contributed by atoms with Gasteiger partial charge in [-0.3, -0.25) is 14.4 Å². The van der Waals surface area contributed by atoms with E-state index in [1.807, 2.05) is 56.9 Å². The van der Waals surface area contributed by atoms with Crippen molar-refractivity contribution in [3.8, 4) is 0 Å². The smallest absolute Gasteiger partial charge is 0.311 e. The maximum absolute atomic E-state index is 14.2. The zero-order valence-corrected chi connectivity index (χ0v) is 21.0. The number of rotatable bonds is 6. The fraction of sp³-hybridized carbons (Fsp3) is 0.720. The summed E-state index contributed by atoms with van der Waals surface area (Å²) in [5.41, 5.74) is 0. The minimum Gasteiger partial charge on any atom is -0.461 e. The minimum absolute atomic E-state index is 0.0299. The molecule has 0 aliphatic carbocycles. The van der Waals surface area contributed by atoms with Crippen LogP contribution in [-0.2, 0) is 19.1 Å². The van der Waals surface area contributed by atoms with Crippen LogP contribution in [0, 0.1) is 17.8 Å². The van der Waals surface area contributed by atoms with Crippen LogP contribution in [0.25, 0.3) is 0 Å². The Balaban J connectivity index is 1.89. The van der Waals surface area contributed by atoms with Gasteiger partial charge in [0.25, 0.3) is 0 Å². The average Bonchev–Trinajstić information content (AvgIpc) is 3.00. The molecule has 2 amide bonds. The molecule has 0 aromatic heterocycles. The molecule has 0 saturated carbocycles. The molecule has 4 rings (SSSR count). The maximum Gasteiger partial charge on any atom is 0.311 e. The van der Waals surface area contributed by atoms with Gasteiger partial charge in [-0.2, -0.15) is 0 Å². The summed E-state index contributed by atoms with van der Waals surface area (Å²) in [4.78, 5) is 45.0. The Labute approximate surface area is 200 Å². The van der Waals surface area contributed by atoms with Crippen LogP contribution < -0.4 is 0 Å². The molecule has 33 heavy (non-hydrogen) atoms. The molecular weight excluding hydrogens is 440 g/mol. The molecule has 2 fully saturated rings. The number of thioether (sulfide) groups is 1. The second-order valence-corrected chi connectivity index (χ2v) is 12.1. The number of hydrogen-bond donors (Lipinski definition) is 1. The largest absolute Gasteiger partial charge is 0.461 e. The summed E-state index contributed by atoms with van der Waals surface area (Å²) in [6.07, 6.45) is 9.63. The number of cyclic esters (lactones) is 1. The first kappa shape index (κ1) is 24.3. The zero-order valence-electron chi connectivity index (χ0n) is 20.2. The molecule has 8 heteroatoms. The van der Waals surface area contributed by atoms with Gasteiger partial charge in [-0.1, -0.05) is 45.4 Å². The first-order chi connectivity index (χ1) is 15.6. The van der Waals surface area contributed by atoms with Gasteiger partial charge in [-0.25, -0.2) is 0 Å². The number of fused-ring (bicyclic) bond motifs is 2. The van der Waals surface area contributed by atoms with E-state index >= 15 is 0 Å². The van der Waals surface area contributed by atoms with Crippen LogP contribution in [-0.4, -0.2) is 80.1 Å². The Morgan fingerprint density at radius 2 is 1.88 bits per heavy atom. The molecule has 7 atom stereocenters. The van der Waals surface area contributed by atoms with Gasteiger partial charge in [0.15, 0.2) is 0 Å². The quantitative estimate of drug-likeness (QED) is 0.468. The molecule has 1 N–H and O–H groups in total. The van der Waals surface area contributed by atoms with Crippen LogP contribution in [0.4, 0.5) is 0 Å². The number of carbonyl (C=O) groups excluding carboxylic acids is 3. The number of esters is 1. The summed E-state index contributed by atoms with van der Waals surface area (Å²) in [5.74, 6) is -2.18. The van der Waals surface area contributed by atoms with Gasteiger partial charge in [-0.05, 0) is 32.3 Å². The first-order valence-electron chi connectivity index (χ1n) is 12.1. The van der Waals surface area contributed by atoms with Crippen LogP contribution >= 0.6 is 11.8 Å². The van der Waals surface area contributed by atoms with Gasteiger partial charge in [-0.15, -0.1) is 11.8 Å². The highest BCUT2D eigenvalue weighted by molar-refractivity contribution is 8.02. The minimum atomic E-state index is -0.892. The highest BCUT2D eigenvalue weighted by atomic mass is 32.2. The maximum atomic E-state index is 14.2. The van der Waals surface area contributed by atoms with Crippen molar-refractivity contribution in [1.29, 1.82) is 0 Å². The van der Waals surface area contributed by atoms with Crippen molar-refractivity contribution in [1.82, 2.24) is 9.80 Å². The van der Waals surface area contributed by atoms with E-state index < -0.39 is 39.4 Å². The van der Waals surface area contributed by atoms with Crippen molar-refractivity contribution in [3.63, 3.8) is 0 Å². The van der Waals surface area contributed by atoms with Crippen LogP contribution in [0.1, 0.15) is 47.5 Å². The fourth-order valence-electron chi connectivity index (χ4n) is 6.26. The second kappa shape index (κ2) is 8.77. The van der Waals surface area contributed by atoms with E-state index in [1.165, 1.54) is 0 Å². The molecule has 7 nitrogen and oxygen atoms in total. The van der Waals surface area contributed by atoms with Gasteiger partial charge in [0.2, 0.25) is 11.8 Å². The van der Waals surface area contributed by atoms with Gasteiger partial charge in [0.05, 0.1) is 29.2 Å². The number of carbonyl (C=O) groups is 3. The third kappa shape index (κ3) is 3.55. The summed E-state index contributed by atoms with van der Waals surface area (Å²) < 4.78 is 3.91. The van der Waals surface area contributed by atoms with Gasteiger partial charge < -0.3 is 19.6 Å². The Kier molecular flexibility index (Phi) is 6.46. The van der Waals surface area contributed by atoms with Crippen molar-refractivity contribution in [2.24, 2.45) is 17.8 Å². The highest BCUT2D eigenvalue weighted by Gasteiger charge is 2.74. The number of nitrogens with zero attached hydrogens (tertiary/aromatic N) is 2. The van der Waals surface area contributed by atoms with Gasteiger partial charge in [0, 0.05) is 17.3 Å². The average molecular weight is 477 g/mol. The van der Waals surface area contributed by atoms with Gasteiger partial charge >= 0.3 is 5.97 Å². The molecule has 1 spiro atoms. The van der Waals surface area contributed by atoms with Crippen LogP contribution in [0.15, 0.2) is 24.3 Å². The zero-order chi connectivity index (χ0) is 24.1. The summed E-state index contributed by atoms with van der Waals surface area (Å²) in [7, 11) is 0. The number of ether oxygens (including phenoxy) is 1. The molecular formula is C25H36N2O5S. The molecule has 2 unspecified atom stereocenters. The van der Waals surface area contributed by atoms with E-state index in [4.69, 9.17) is 4.74 Å². The monoisotopic (exact) mass is 476 g/mol. The van der Waals surface area contributed by atoms with Crippen molar-refractivity contribution >= 4 is 29.5 Å². The number of aliphatic hydroxyl groups is 1. The van der Waals surface area contributed by atoms with Gasteiger partial charge in [0.1, 0.15) is 12.6 Å². The third-order valence-corrected chi connectivity index (χ3v) is 9.63. The summed E-state index contributed by atoms with van der Waals surface area (Å²) in [6, 6.07) is -1.25. The summed E-state index contributed by atoms with van der Waals surface area (Å²) >= 11 is 1.54. The normalized spacial score (nSPS) is 37.4. The number of amides is 2. The van der Waals surface area contributed by atoms with Crippen molar-refractivity contribution in [2.45, 2.75) is 75.1 Å². The van der Waals surface area contributed by atoms with Crippen LogP contribution in [0.5, 0.6) is 0 Å². The summed E-state index contributed by atoms with van der Waals surface area (Å²) in [5, 5.41) is 10.3. The molecule has 182 valence electrons. The topological polar surface area (TPSA) is 87.2 Å². The molecule has 4 aliphatic heterocycles. The van der Waals surface area contributed by atoms with E-state index in [1.54, 1.807) is 16.7 Å². The van der Waals surface area contributed by atoms with E-state index in [2.05, 4.69) is 6.92 Å². The first-order valence-corrected chi connectivity index (χ1v) is 12.9. The van der Waals surface area contributed by atoms with Crippen molar-refractivity contribution in [3.05, 3.63) is 24.3 Å². The lowest BCUT2D eigenvalue weighted by atomic mass is 9.75. The molecule has 4 heterocycles. The molecule has 0 aromatic carbocycles. The number of likely N-dealkylation sites (tertiary alicyclic amines) is 1. The highest BCUT2D eigenvalue weighted by Crippen LogP contribution is 2.65. The lowest BCUT2D eigenvalue weighted by Gasteiger charge is -2.41. The third-order valence-electron chi connectivity index (χ3n) is 7.83. The van der Waals surface area contributed by atoms with E-state index in [0.717, 1.165) is 12.8 Å². The predicted molar refractivity (Wildman–Crippen MR) is 127 cm³/mol. The Morgan fingerprint density at radius 3 is 2.52 bits per heavy atom. The molecule has 0 radical (unpaired) electrons. The lowest BCUT2D eigenvalue weighted by Crippen LogP contribution is -2.58. The molecule has 0 bridgehead atoms. The SMILES string of the molecule is CCCC(C)N1CC=C[C@]23S[C@]4(C)C=CCOC(=O)[C@@H]4[C@H]2C(=O)N([C@@H](CO)C(C)C)C3C1=O. The van der Waals surface area contributed by atoms with E-state index in [9.17, 15) is 19.5 Å².